The molecule has 0 spiro atoms. The number of rotatable bonds is 11. The second kappa shape index (κ2) is 12.2. The first-order valence-electron chi connectivity index (χ1n) is 9.52. The van der Waals surface area contributed by atoms with Crippen LogP contribution in [-0.4, -0.2) is 34.8 Å². The second-order valence-electron chi connectivity index (χ2n) is 7.07. The highest BCUT2D eigenvalue weighted by atomic mass is 32.2. The van der Waals surface area contributed by atoms with Gasteiger partial charge in [-0.15, -0.1) is 11.8 Å². The van der Waals surface area contributed by atoms with Gasteiger partial charge in [0.2, 0.25) is 0 Å². The molecule has 0 aromatic rings. The lowest BCUT2D eigenvalue weighted by Gasteiger charge is -2.29. The first kappa shape index (κ1) is 20.8. The number of carbonyl (C=O) groups is 1. The Hall–Kier alpha value is -0.220. The molecule has 1 rings (SSSR count). The van der Waals surface area contributed by atoms with Crippen molar-refractivity contribution in [2.75, 3.05) is 12.4 Å². The van der Waals surface area contributed by atoms with Gasteiger partial charge in [-0.05, 0) is 37.5 Å². The summed E-state index contributed by atoms with van der Waals surface area (Å²) in [6, 6.07) is 0. The van der Waals surface area contributed by atoms with Gasteiger partial charge in [-0.1, -0.05) is 52.9 Å². The number of esters is 1. The van der Waals surface area contributed by atoms with Crippen LogP contribution < -0.4 is 0 Å². The molecule has 1 fully saturated rings. The predicted molar refractivity (Wildman–Crippen MR) is 98.8 cm³/mol. The Morgan fingerprint density at radius 3 is 2.70 bits per heavy atom. The molecular weight excluding hydrogens is 308 g/mol. The van der Waals surface area contributed by atoms with Gasteiger partial charge in [0, 0.05) is 5.25 Å². The van der Waals surface area contributed by atoms with Gasteiger partial charge in [0.25, 0.3) is 0 Å². The zero-order valence-corrected chi connectivity index (χ0v) is 16.1. The van der Waals surface area contributed by atoms with Gasteiger partial charge in [0.1, 0.15) is 0 Å². The quantitative estimate of drug-likeness (QED) is 0.546. The highest BCUT2D eigenvalue weighted by molar-refractivity contribution is 8.00. The largest absolute Gasteiger partial charge is 0.465 e. The summed E-state index contributed by atoms with van der Waals surface area (Å²) >= 11 is 1.67. The number of thioether (sulfide) groups is 1. The summed E-state index contributed by atoms with van der Waals surface area (Å²) in [4.78, 5) is 11.9. The Balaban J connectivity index is 2.16. The summed E-state index contributed by atoms with van der Waals surface area (Å²) in [6.07, 6.45) is 9.98. The molecule has 136 valence electrons. The van der Waals surface area contributed by atoms with E-state index in [0.29, 0.717) is 29.4 Å². The minimum atomic E-state index is -0.136. The van der Waals surface area contributed by atoms with E-state index in [9.17, 15) is 9.90 Å². The van der Waals surface area contributed by atoms with Crippen LogP contribution in [0.1, 0.15) is 78.6 Å². The van der Waals surface area contributed by atoms with E-state index in [0.717, 1.165) is 38.5 Å². The van der Waals surface area contributed by atoms with E-state index in [4.69, 9.17) is 4.74 Å². The maximum atomic E-state index is 11.9. The third kappa shape index (κ3) is 8.99. The van der Waals surface area contributed by atoms with E-state index in [1.807, 2.05) is 0 Å². The minimum absolute atomic E-state index is 0.0824. The molecule has 0 aromatic carbocycles. The number of aliphatic hydroxyl groups is 1. The van der Waals surface area contributed by atoms with Crippen molar-refractivity contribution in [2.24, 2.45) is 11.8 Å². The highest BCUT2D eigenvalue weighted by Crippen LogP contribution is 2.31. The van der Waals surface area contributed by atoms with Crippen molar-refractivity contribution in [3.8, 4) is 0 Å². The van der Waals surface area contributed by atoms with Crippen LogP contribution in [0.15, 0.2) is 0 Å². The van der Waals surface area contributed by atoms with Gasteiger partial charge in [-0.3, -0.25) is 4.79 Å². The SMILES string of the molecule is CCCCC(CC)COC(=O)CSC(C)CC1CCCCC1O. The lowest BCUT2D eigenvalue weighted by Crippen LogP contribution is -2.27. The van der Waals surface area contributed by atoms with Crippen LogP contribution in [0.4, 0.5) is 0 Å². The number of hydrogen-bond donors (Lipinski definition) is 1. The number of aliphatic hydroxyl groups excluding tert-OH is 1. The Labute approximate surface area is 146 Å². The Morgan fingerprint density at radius 2 is 2.04 bits per heavy atom. The summed E-state index contributed by atoms with van der Waals surface area (Å²) in [5.41, 5.74) is 0. The van der Waals surface area contributed by atoms with Crippen molar-refractivity contribution in [1.29, 1.82) is 0 Å². The molecule has 23 heavy (non-hydrogen) atoms. The fourth-order valence-corrected chi connectivity index (χ4v) is 4.21. The first-order chi connectivity index (χ1) is 11.1. The van der Waals surface area contributed by atoms with Crippen LogP contribution in [0.3, 0.4) is 0 Å². The van der Waals surface area contributed by atoms with Gasteiger partial charge in [-0.25, -0.2) is 0 Å². The molecule has 4 unspecified atom stereocenters. The predicted octanol–water partition coefficient (Wildman–Crippen LogP) is 4.81. The third-order valence-corrected chi connectivity index (χ3v) is 6.18. The standard InChI is InChI=1S/C19H36O3S/c1-4-6-9-16(5-2)13-22-19(21)14-23-15(3)12-17-10-7-8-11-18(17)20/h15-18,20H,4-14H2,1-3H3. The van der Waals surface area contributed by atoms with Crippen molar-refractivity contribution in [3.05, 3.63) is 0 Å². The van der Waals surface area contributed by atoms with E-state index in [1.54, 1.807) is 11.8 Å². The normalized spacial score (nSPS) is 24.2. The average molecular weight is 345 g/mol. The van der Waals surface area contributed by atoms with Gasteiger partial charge in [-0.2, -0.15) is 0 Å². The van der Waals surface area contributed by atoms with Gasteiger partial charge in [0.05, 0.1) is 18.5 Å². The third-order valence-electron chi connectivity index (χ3n) is 5.01. The van der Waals surface area contributed by atoms with Gasteiger partial charge >= 0.3 is 5.97 Å². The maximum absolute atomic E-state index is 11.9. The van der Waals surface area contributed by atoms with E-state index >= 15 is 0 Å². The molecule has 1 aliphatic carbocycles. The van der Waals surface area contributed by atoms with Gasteiger partial charge in [0.15, 0.2) is 0 Å². The molecule has 4 heteroatoms. The molecule has 0 aromatic heterocycles. The smallest absolute Gasteiger partial charge is 0.315 e. The average Bonchev–Trinajstić information content (AvgIpc) is 2.55. The van der Waals surface area contributed by atoms with Crippen LogP contribution in [0.5, 0.6) is 0 Å². The minimum Gasteiger partial charge on any atom is -0.465 e. The molecule has 0 saturated heterocycles. The fourth-order valence-electron chi connectivity index (χ4n) is 3.32. The molecular formula is C19H36O3S. The zero-order valence-electron chi connectivity index (χ0n) is 15.3. The van der Waals surface area contributed by atoms with Crippen molar-refractivity contribution in [2.45, 2.75) is 89.9 Å². The molecule has 0 heterocycles. The molecule has 4 atom stereocenters. The monoisotopic (exact) mass is 344 g/mol. The van der Waals surface area contributed by atoms with E-state index in [1.165, 1.54) is 19.3 Å². The van der Waals surface area contributed by atoms with Crippen LogP contribution >= 0.6 is 11.8 Å². The molecule has 0 radical (unpaired) electrons. The number of unbranched alkanes of at least 4 members (excludes halogenated alkanes) is 1. The molecule has 0 bridgehead atoms. The summed E-state index contributed by atoms with van der Waals surface area (Å²) in [7, 11) is 0. The molecule has 1 saturated carbocycles. The first-order valence-corrected chi connectivity index (χ1v) is 10.6. The van der Waals surface area contributed by atoms with E-state index in [-0.39, 0.29) is 12.1 Å². The lowest BCUT2D eigenvalue weighted by atomic mass is 9.84. The summed E-state index contributed by atoms with van der Waals surface area (Å²) < 4.78 is 5.44. The summed E-state index contributed by atoms with van der Waals surface area (Å²) in [5, 5.41) is 10.4. The summed E-state index contributed by atoms with van der Waals surface area (Å²) in [6.45, 7) is 7.10. The second-order valence-corrected chi connectivity index (χ2v) is 8.50. The molecule has 3 nitrogen and oxygen atoms in total. The molecule has 0 amide bonds. The zero-order chi connectivity index (χ0) is 17.1. The molecule has 0 aliphatic heterocycles. The van der Waals surface area contributed by atoms with Gasteiger partial charge < -0.3 is 9.84 Å². The Bertz CT molecular complexity index is 322. The summed E-state index contributed by atoms with van der Waals surface area (Å²) in [5.74, 6) is 1.29. The maximum Gasteiger partial charge on any atom is 0.315 e. The molecule has 1 aliphatic rings. The number of hydrogen-bond acceptors (Lipinski definition) is 4. The topological polar surface area (TPSA) is 46.5 Å². The number of ether oxygens (including phenoxy) is 1. The Morgan fingerprint density at radius 1 is 1.30 bits per heavy atom. The van der Waals surface area contributed by atoms with Crippen molar-refractivity contribution in [1.82, 2.24) is 0 Å². The highest BCUT2D eigenvalue weighted by Gasteiger charge is 2.25. The van der Waals surface area contributed by atoms with Crippen LogP contribution in [0.2, 0.25) is 0 Å². The number of carbonyl (C=O) groups excluding carboxylic acids is 1. The van der Waals surface area contributed by atoms with Crippen LogP contribution in [0, 0.1) is 11.8 Å². The fraction of sp³-hybridized carbons (Fsp3) is 0.947. The van der Waals surface area contributed by atoms with Crippen molar-refractivity contribution in [3.63, 3.8) is 0 Å². The van der Waals surface area contributed by atoms with Crippen molar-refractivity contribution < 1.29 is 14.6 Å². The van der Waals surface area contributed by atoms with E-state index < -0.39 is 0 Å². The van der Waals surface area contributed by atoms with Crippen LogP contribution in [-0.2, 0) is 9.53 Å². The van der Waals surface area contributed by atoms with Crippen LogP contribution in [0.25, 0.3) is 0 Å². The van der Waals surface area contributed by atoms with Crippen molar-refractivity contribution >= 4 is 17.7 Å². The molecule has 1 N–H and O–H groups in total. The lowest BCUT2D eigenvalue weighted by molar-refractivity contribution is -0.141. The Kier molecular flexibility index (Phi) is 11.0. The van der Waals surface area contributed by atoms with E-state index in [2.05, 4.69) is 20.8 Å².